The van der Waals surface area contributed by atoms with Gasteiger partial charge in [0.25, 0.3) is 0 Å². The zero-order chi connectivity index (χ0) is 18.4. The predicted molar refractivity (Wildman–Crippen MR) is 109 cm³/mol. The van der Waals surface area contributed by atoms with Gasteiger partial charge in [0.05, 0.1) is 25.7 Å². The van der Waals surface area contributed by atoms with Gasteiger partial charge in [-0.3, -0.25) is 9.79 Å². The van der Waals surface area contributed by atoms with Crippen LogP contribution in [0.4, 0.5) is 4.79 Å². The summed E-state index contributed by atoms with van der Waals surface area (Å²) in [5, 5.41) is 5.83. The molecule has 2 rings (SSSR count). The van der Waals surface area contributed by atoms with Gasteiger partial charge in [-0.05, 0) is 20.8 Å². The zero-order valence-corrected chi connectivity index (χ0v) is 18.2. The Balaban J connectivity index is 0.00000338. The lowest BCUT2D eigenvalue weighted by atomic mass is 10.2. The highest BCUT2D eigenvalue weighted by molar-refractivity contribution is 14.0. The second kappa shape index (κ2) is 10.1. The van der Waals surface area contributed by atoms with Gasteiger partial charge in [0, 0.05) is 33.3 Å². The number of aliphatic imine (C=N–C) groups is 1. The Kier molecular flexibility index (Phi) is 8.87. The molecule has 1 atom stereocenters. The van der Waals surface area contributed by atoms with E-state index in [0.717, 1.165) is 5.96 Å². The lowest BCUT2D eigenvalue weighted by Gasteiger charge is -2.39. The molecule has 150 valence electrons. The summed E-state index contributed by atoms with van der Waals surface area (Å²) in [6.07, 6.45) is -0.286. The van der Waals surface area contributed by atoms with Crippen LogP contribution >= 0.6 is 24.0 Å². The molecule has 0 aromatic heterocycles. The number of carbonyl (C=O) groups excluding carboxylic acids is 2. The van der Waals surface area contributed by atoms with Gasteiger partial charge >= 0.3 is 6.09 Å². The number of nitrogens with zero attached hydrogens (tertiary/aromatic N) is 3. The Hall–Kier alpha value is -1.30. The number of halogens is 1. The van der Waals surface area contributed by atoms with Gasteiger partial charge in [0.2, 0.25) is 5.91 Å². The molecule has 26 heavy (non-hydrogen) atoms. The maximum Gasteiger partial charge on any atom is 0.410 e. The lowest BCUT2D eigenvalue weighted by Crippen LogP contribution is -2.58. The minimum absolute atomic E-state index is 0. The Morgan fingerprint density at radius 1 is 1.31 bits per heavy atom. The smallest absolute Gasteiger partial charge is 0.410 e. The first kappa shape index (κ1) is 22.7. The van der Waals surface area contributed by atoms with Crippen molar-refractivity contribution in [3.05, 3.63) is 0 Å². The average molecular weight is 483 g/mol. The number of ether oxygens (including phenoxy) is 2. The SMILES string of the molecule is COCCNC(=O)CNC1=NCC2CN(C(=O)OC(C)(C)C)CCN12.I. The Morgan fingerprint density at radius 2 is 2.04 bits per heavy atom. The topological polar surface area (TPSA) is 95.5 Å². The molecule has 2 amide bonds. The maximum atomic E-state index is 12.2. The van der Waals surface area contributed by atoms with Crippen LogP contribution in [0, 0.1) is 0 Å². The highest BCUT2D eigenvalue weighted by atomic mass is 127. The molecular weight excluding hydrogens is 453 g/mol. The number of methoxy groups -OCH3 is 1. The normalized spacial score (nSPS) is 19.2. The molecule has 9 nitrogen and oxygen atoms in total. The number of guanidine groups is 1. The van der Waals surface area contributed by atoms with Crippen LogP contribution in [0.5, 0.6) is 0 Å². The highest BCUT2D eigenvalue weighted by Gasteiger charge is 2.36. The molecule has 2 aliphatic heterocycles. The first-order chi connectivity index (χ1) is 11.8. The molecule has 1 unspecified atom stereocenters. The van der Waals surface area contributed by atoms with Crippen LogP contribution in [-0.2, 0) is 14.3 Å². The molecular formula is C16H30IN5O4. The lowest BCUT2D eigenvalue weighted by molar-refractivity contribution is -0.120. The molecule has 0 bridgehead atoms. The van der Waals surface area contributed by atoms with Crippen molar-refractivity contribution in [3.8, 4) is 0 Å². The van der Waals surface area contributed by atoms with Gasteiger partial charge in [-0.2, -0.15) is 0 Å². The number of nitrogens with one attached hydrogen (secondary N) is 2. The van der Waals surface area contributed by atoms with Crippen molar-refractivity contribution < 1.29 is 19.1 Å². The first-order valence-electron chi connectivity index (χ1n) is 8.58. The van der Waals surface area contributed by atoms with E-state index in [4.69, 9.17) is 9.47 Å². The van der Waals surface area contributed by atoms with E-state index in [-0.39, 0.29) is 48.6 Å². The molecule has 2 aliphatic rings. The van der Waals surface area contributed by atoms with Gasteiger partial charge in [0.15, 0.2) is 5.96 Å². The van der Waals surface area contributed by atoms with Gasteiger partial charge in [-0.1, -0.05) is 0 Å². The van der Waals surface area contributed by atoms with Crippen molar-refractivity contribution in [2.24, 2.45) is 4.99 Å². The second-order valence-corrected chi connectivity index (χ2v) is 7.13. The Bertz CT molecular complexity index is 523. The summed E-state index contributed by atoms with van der Waals surface area (Å²) in [5.41, 5.74) is -0.497. The molecule has 10 heteroatoms. The summed E-state index contributed by atoms with van der Waals surface area (Å²) in [6, 6.07) is 0.125. The van der Waals surface area contributed by atoms with E-state index in [1.807, 2.05) is 20.8 Å². The third-order valence-electron chi connectivity index (χ3n) is 3.89. The summed E-state index contributed by atoms with van der Waals surface area (Å²) >= 11 is 0. The van der Waals surface area contributed by atoms with Crippen LogP contribution in [0.3, 0.4) is 0 Å². The van der Waals surface area contributed by atoms with Crippen LogP contribution in [0.25, 0.3) is 0 Å². The molecule has 1 saturated heterocycles. The van der Waals surface area contributed by atoms with Gasteiger partial charge in [-0.25, -0.2) is 4.79 Å². The summed E-state index contributed by atoms with van der Waals surface area (Å²) in [7, 11) is 1.59. The summed E-state index contributed by atoms with van der Waals surface area (Å²) < 4.78 is 10.3. The Labute approximate surface area is 171 Å². The zero-order valence-electron chi connectivity index (χ0n) is 15.9. The van der Waals surface area contributed by atoms with Crippen molar-refractivity contribution in [1.29, 1.82) is 0 Å². The number of fused-ring (bicyclic) bond motifs is 1. The van der Waals surface area contributed by atoms with Crippen LogP contribution in [0.2, 0.25) is 0 Å². The number of amides is 2. The van der Waals surface area contributed by atoms with Crippen molar-refractivity contribution in [2.75, 3.05) is 53.0 Å². The van der Waals surface area contributed by atoms with Gasteiger partial charge in [0.1, 0.15) is 5.60 Å². The van der Waals surface area contributed by atoms with E-state index in [0.29, 0.717) is 39.3 Å². The standard InChI is InChI=1S/C16H29N5O4.HI/c1-16(2,3)25-15(23)20-6-7-21-12(11-20)9-18-14(21)19-10-13(22)17-5-8-24-4;/h12H,5-11H2,1-4H3,(H,17,22)(H,18,19);1H. The molecule has 0 aliphatic carbocycles. The summed E-state index contributed by atoms with van der Waals surface area (Å²) in [5.74, 6) is 0.617. The highest BCUT2D eigenvalue weighted by Crippen LogP contribution is 2.18. The largest absolute Gasteiger partial charge is 0.444 e. The van der Waals surface area contributed by atoms with Crippen molar-refractivity contribution >= 4 is 41.9 Å². The van der Waals surface area contributed by atoms with E-state index < -0.39 is 5.60 Å². The molecule has 0 radical (unpaired) electrons. The second-order valence-electron chi connectivity index (χ2n) is 7.13. The van der Waals surface area contributed by atoms with Crippen LogP contribution < -0.4 is 10.6 Å². The number of hydrogen-bond donors (Lipinski definition) is 2. The minimum atomic E-state index is -0.497. The fraction of sp³-hybridized carbons (Fsp3) is 0.812. The van der Waals surface area contributed by atoms with Crippen molar-refractivity contribution in [2.45, 2.75) is 32.4 Å². The third kappa shape index (κ3) is 6.78. The van der Waals surface area contributed by atoms with E-state index in [1.54, 1.807) is 12.0 Å². The molecule has 0 spiro atoms. The number of piperazine rings is 1. The van der Waals surface area contributed by atoms with Crippen molar-refractivity contribution in [1.82, 2.24) is 20.4 Å². The molecule has 2 heterocycles. The summed E-state index contributed by atoms with van der Waals surface area (Å²) in [6.45, 7) is 9.14. The quantitative estimate of drug-likeness (QED) is 0.430. The fourth-order valence-corrected chi connectivity index (χ4v) is 2.74. The molecule has 0 saturated carbocycles. The van der Waals surface area contributed by atoms with E-state index in [1.165, 1.54) is 0 Å². The van der Waals surface area contributed by atoms with Crippen LogP contribution in [0.15, 0.2) is 4.99 Å². The van der Waals surface area contributed by atoms with Crippen LogP contribution in [-0.4, -0.2) is 92.4 Å². The number of carbonyl (C=O) groups is 2. The Morgan fingerprint density at radius 3 is 2.69 bits per heavy atom. The fourth-order valence-electron chi connectivity index (χ4n) is 2.74. The monoisotopic (exact) mass is 483 g/mol. The maximum absolute atomic E-state index is 12.2. The molecule has 0 aromatic carbocycles. The summed E-state index contributed by atoms with van der Waals surface area (Å²) in [4.78, 5) is 32.2. The third-order valence-corrected chi connectivity index (χ3v) is 3.89. The average Bonchev–Trinajstić information content (AvgIpc) is 2.94. The van der Waals surface area contributed by atoms with Crippen LogP contribution in [0.1, 0.15) is 20.8 Å². The number of rotatable bonds is 5. The molecule has 0 aromatic rings. The van der Waals surface area contributed by atoms with E-state index in [2.05, 4.69) is 20.5 Å². The van der Waals surface area contributed by atoms with E-state index >= 15 is 0 Å². The minimum Gasteiger partial charge on any atom is -0.444 e. The number of hydrogen-bond acceptors (Lipinski definition) is 7. The predicted octanol–water partition coefficient (Wildman–Crippen LogP) is 0.248. The van der Waals surface area contributed by atoms with Gasteiger partial charge < -0.3 is 29.9 Å². The van der Waals surface area contributed by atoms with Crippen molar-refractivity contribution in [3.63, 3.8) is 0 Å². The van der Waals surface area contributed by atoms with E-state index in [9.17, 15) is 9.59 Å². The van der Waals surface area contributed by atoms with Gasteiger partial charge in [-0.15, -0.1) is 24.0 Å². The first-order valence-corrected chi connectivity index (χ1v) is 8.58. The molecule has 1 fully saturated rings. The molecule has 2 N–H and O–H groups in total.